The monoisotopic (exact) mass is 442 g/mol. The number of aromatic amines is 1. The van der Waals surface area contributed by atoms with Crippen molar-refractivity contribution in [2.45, 2.75) is 13.0 Å². The smallest absolute Gasteiger partial charge is 0.272 e. The van der Waals surface area contributed by atoms with Crippen molar-refractivity contribution in [3.8, 4) is 11.4 Å². The number of hydrogen-bond donors (Lipinski definition) is 2. The second-order valence-corrected chi connectivity index (χ2v) is 7.77. The minimum absolute atomic E-state index is 0. The Kier molecular flexibility index (Phi) is 5.56. The standard InChI is InChI=1S/C22H20ClFN6O.2H2/c1-12(13-4-6-15(24)7-5-13)27-19-9-18(22(31)30(2)3)28-21(29-19)17-11-26-20-16(17)8-14(23)10-25-20;;/h4-12H,1-3H3,(H,25,26)(H,27,28,29);2*1H/t12-;;/m0../s1. The third-order valence-corrected chi connectivity index (χ3v) is 5.03. The number of H-pyrrole nitrogens is 1. The first-order valence-corrected chi connectivity index (χ1v) is 9.95. The average molecular weight is 443 g/mol. The maximum atomic E-state index is 13.3. The molecule has 0 aliphatic carbocycles. The molecule has 4 rings (SSSR count). The molecule has 0 unspecified atom stereocenters. The van der Waals surface area contributed by atoms with Crippen LogP contribution in [0.1, 0.15) is 31.9 Å². The van der Waals surface area contributed by atoms with Gasteiger partial charge in [0.2, 0.25) is 0 Å². The lowest BCUT2D eigenvalue weighted by molar-refractivity contribution is 0.0822. The first-order chi connectivity index (χ1) is 14.8. The highest BCUT2D eigenvalue weighted by Crippen LogP contribution is 2.29. The van der Waals surface area contributed by atoms with Gasteiger partial charge in [0.25, 0.3) is 5.91 Å². The van der Waals surface area contributed by atoms with Crippen LogP contribution in [0, 0.1) is 5.82 Å². The summed E-state index contributed by atoms with van der Waals surface area (Å²) >= 11 is 6.12. The number of carbonyl (C=O) groups excluding carboxylic acids is 1. The van der Waals surface area contributed by atoms with Gasteiger partial charge in [-0.2, -0.15) is 0 Å². The van der Waals surface area contributed by atoms with Gasteiger partial charge in [0, 0.05) is 52.4 Å². The Hall–Kier alpha value is -3.52. The molecule has 1 amide bonds. The fourth-order valence-corrected chi connectivity index (χ4v) is 3.36. The van der Waals surface area contributed by atoms with Crippen molar-refractivity contribution in [1.29, 1.82) is 0 Å². The van der Waals surface area contributed by atoms with E-state index in [1.165, 1.54) is 17.0 Å². The van der Waals surface area contributed by atoms with Crippen LogP contribution in [0.3, 0.4) is 0 Å². The summed E-state index contributed by atoms with van der Waals surface area (Å²) in [6.07, 6.45) is 3.29. The van der Waals surface area contributed by atoms with Gasteiger partial charge in [-0.15, -0.1) is 0 Å². The third-order valence-electron chi connectivity index (χ3n) is 4.82. The number of carbonyl (C=O) groups is 1. The molecule has 0 aliphatic rings. The molecule has 4 aromatic rings. The molecule has 0 spiro atoms. The molecule has 1 aromatic carbocycles. The van der Waals surface area contributed by atoms with Crippen molar-refractivity contribution < 1.29 is 12.0 Å². The summed E-state index contributed by atoms with van der Waals surface area (Å²) in [6.45, 7) is 1.93. The van der Waals surface area contributed by atoms with E-state index >= 15 is 0 Å². The molecule has 0 fully saturated rings. The second-order valence-electron chi connectivity index (χ2n) is 7.33. The van der Waals surface area contributed by atoms with Gasteiger partial charge in [-0.3, -0.25) is 4.79 Å². The summed E-state index contributed by atoms with van der Waals surface area (Å²) in [5.41, 5.74) is 2.44. The van der Waals surface area contributed by atoms with Gasteiger partial charge in [0.05, 0.1) is 5.02 Å². The van der Waals surface area contributed by atoms with E-state index in [4.69, 9.17) is 11.6 Å². The van der Waals surface area contributed by atoms with E-state index in [-0.39, 0.29) is 26.3 Å². The van der Waals surface area contributed by atoms with Crippen molar-refractivity contribution in [2.24, 2.45) is 0 Å². The number of pyridine rings is 1. The largest absolute Gasteiger partial charge is 0.363 e. The van der Waals surface area contributed by atoms with E-state index in [0.717, 1.165) is 10.9 Å². The van der Waals surface area contributed by atoms with Gasteiger partial charge < -0.3 is 15.2 Å². The number of rotatable bonds is 5. The number of hydrogen-bond acceptors (Lipinski definition) is 5. The predicted octanol–water partition coefficient (Wildman–Crippen LogP) is 5.18. The molecule has 7 nitrogen and oxygen atoms in total. The molecular weight excluding hydrogens is 419 g/mol. The van der Waals surface area contributed by atoms with E-state index in [1.54, 1.807) is 50.8 Å². The fraction of sp³-hybridized carbons (Fsp3) is 0.182. The van der Waals surface area contributed by atoms with E-state index in [2.05, 4.69) is 25.3 Å². The summed E-state index contributed by atoms with van der Waals surface area (Å²) in [4.78, 5) is 30.6. The topological polar surface area (TPSA) is 86.8 Å². The number of amides is 1. The van der Waals surface area contributed by atoms with Crippen LogP contribution in [0.4, 0.5) is 10.2 Å². The van der Waals surface area contributed by atoms with Gasteiger partial charge in [-0.05, 0) is 30.7 Å². The summed E-state index contributed by atoms with van der Waals surface area (Å²) in [6, 6.07) is 9.41. The molecule has 0 saturated carbocycles. The average Bonchev–Trinajstić information content (AvgIpc) is 3.16. The van der Waals surface area contributed by atoms with Crippen LogP contribution >= 0.6 is 11.6 Å². The van der Waals surface area contributed by atoms with Gasteiger partial charge in [0.15, 0.2) is 5.82 Å². The molecular formula is C22H24ClFN6O. The fourth-order valence-electron chi connectivity index (χ4n) is 3.20. The number of nitrogens with one attached hydrogen (secondary N) is 2. The van der Waals surface area contributed by atoms with Gasteiger partial charge >= 0.3 is 0 Å². The second kappa shape index (κ2) is 8.31. The van der Waals surface area contributed by atoms with E-state index < -0.39 is 0 Å². The quantitative estimate of drug-likeness (QED) is 0.444. The van der Waals surface area contributed by atoms with Crippen LogP contribution in [0.15, 0.2) is 48.8 Å². The van der Waals surface area contributed by atoms with Crippen LogP contribution in [0.2, 0.25) is 5.02 Å². The Bertz CT molecular complexity index is 1270. The number of halogens is 2. The summed E-state index contributed by atoms with van der Waals surface area (Å²) in [5, 5.41) is 4.51. The van der Waals surface area contributed by atoms with Crippen LogP contribution in [-0.4, -0.2) is 44.8 Å². The number of anilines is 1. The molecule has 0 bridgehead atoms. The van der Waals surface area contributed by atoms with Gasteiger partial charge in [-0.1, -0.05) is 23.7 Å². The molecule has 3 aromatic heterocycles. The molecule has 1 atom stereocenters. The molecule has 0 aliphatic heterocycles. The maximum absolute atomic E-state index is 13.3. The highest BCUT2D eigenvalue weighted by Gasteiger charge is 2.18. The Morgan fingerprint density at radius 2 is 1.97 bits per heavy atom. The molecule has 0 saturated heterocycles. The van der Waals surface area contributed by atoms with Crippen molar-refractivity contribution >= 4 is 34.4 Å². The van der Waals surface area contributed by atoms with Crippen LogP contribution < -0.4 is 5.32 Å². The van der Waals surface area contributed by atoms with Crippen LogP contribution in [0.25, 0.3) is 22.4 Å². The first-order valence-electron chi connectivity index (χ1n) is 9.57. The van der Waals surface area contributed by atoms with Gasteiger partial charge in [-0.25, -0.2) is 19.3 Å². The first kappa shape index (κ1) is 20.7. The number of nitrogens with zero attached hydrogens (tertiary/aromatic N) is 4. The lowest BCUT2D eigenvalue weighted by atomic mass is 10.1. The van der Waals surface area contributed by atoms with Crippen molar-refractivity contribution in [2.75, 3.05) is 19.4 Å². The van der Waals surface area contributed by atoms with Crippen LogP contribution in [0.5, 0.6) is 0 Å². The normalized spacial score (nSPS) is 12.0. The molecule has 3 heterocycles. The SMILES string of the molecule is C[C@H](Nc1cc(C(=O)N(C)C)nc(-c2c[nH]c3ncc(Cl)cc23)n1)c1ccc(F)cc1.[HH].[HH]. The molecule has 31 heavy (non-hydrogen) atoms. The zero-order valence-corrected chi connectivity index (χ0v) is 17.9. The summed E-state index contributed by atoms with van der Waals surface area (Å²) < 4.78 is 13.3. The number of fused-ring (bicyclic) bond motifs is 1. The Morgan fingerprint density at radius 3 is 2.68 bits per heavy atom. The lowest BCUT2D eigenvalue weighted by Gasteiger charge is -2.17. The Labute approximate surface area is 186 Å². The molecule has 9 heteroatoms. The summed E-state index contributed by atoms with van der Waals surface area (Å²) in [5.74, 6) is 0.274. The third kappa shape index (κ3) is 4.34. The minimum Gasteiger partial charge on any atom is -0.363 e. The Morgan fingerprint density at radius 1 is 1.23 bits per heavy atom. The molecule has 2 N–H and O–H groups in total. The number of aromatic nitrogens is 4. The highest BCUT2D eigenvalue weighted by atomic mass is 35.5. The van der Waals surface area contributed by atoms with Gasteiger partial charge in [0.1, 0.15) is 23.0 Å². The maximum Gasteiger partial charge on any atom is 0.272 e. The Balaban J connectivity index is 0.00000193. The molecule has 0 radical (unpaired) electrons. The molecule has 162 valence electrons. The minimum atomic E-state index is -0.300. The predicted molar refractivity (Wildman–Crippen MR) is 123 cm³/mol. The van der Waals surface area contributed by atoms with Crippen LogP contribution in [-0.2, 0) is 0 Å². The van der Waals surface area contributed by atoms with E-state index in [1.807, 2.05) is 6.92 Å². The van der Waals surface area contributed by atoms with Crippen molar-refractivity contribution in [3.05, 3.63) is 70.9 Å². The van der Waals surface area contributed by atoms with Crippen molar-refractivity contribution in [1.82, 2.24) is 24.8 Å². The lowest BCUT2D eigenvalue weighted by Crippen LogP contribution is -2.23. The zero-order chi connectivity index (χ0) is 22.1. The number of benzene rings is 1. The zero-order valence-electron chi connectivity index (χ0n) is 17.1. The van der Waals surface area contributed by atoms with E-state index in [0.29, 0.717) is 27.9 Å². The summed E-state index contributed by atoms with van der Waals surface area (Å²) in [7, 11) is 3.32. The van der Waals surface area contributed by atoms with Crippen molar-refractivity contribution in [3.63, 3.8) is 0 Å². The van der Waals surface area contributed by atoms with E-state index in [9.17, 15) is 9.18 Å². The highest BCUT2D eigenvalue weighted by molar-refractivity contribution is 6.31.